The van der Waals surface area contributed by atoms with Crippen molar-refractivity contribution in [2.75, 3.05) is 13.2 Å². The fraction of sp³-hybridized carbons (Fsp3) is 0.762. The molecule has 1 atom stereocenters. The standard InChI is InChI=1S/C63H110O6/c1-4-7-10-13-16-19-22-25-28-30-32-35-38-41-44-47-50-53-56-62(65)68-59-60(58-67-61(64)55-52-49-46-43-40-37-34-27-24-21-18-15-12-9-6-3)69-63(66)57-54-51-48-45-42-39-36-33-31-29-26-23-20-17-14-11-8-5-2/h10,13,16,19,21-22,24-25,28,30,32,35,60H,4-9,11-12,14-15,17-18,20,23,26-27,29,31,33-34,36-59H2,1-3H3/b13-10-,19-16-,24-21-,25-22-,30-28-,35-32-. The Bertz CT molecular complexity index is 1290. The van der Waals surface area contributed by atoms with Gasteiger partial charge in [0, 0.05) is 19.3 Å². The first-order valence-corrected chi connectivity index (χ1v) is 29.5. The third-order valence-electron chi connectivity index (χ3n) is 12.8. The van der Waals surface area contributed by atoms with Crippen molar-refractivity contribution in [3.63, 3.8) is 0 Å². The highest BCUT2D eigenvalue weighted by atomic mass is 16.6. The summed E-state index contributed by atoms with van der Waals surface area (Å²) in [7, 11) is 0. The van der Waals surface area contributed by atoms with Gasteiger partial charge in [-0.2, -0.15) is 0 Å². The molecular formula is C63H110O6. The first kappa shape index (κ1) is 65.8. The van der Waals surface area contributed by atoms with E-state index in [9.17, 15) is 14.4 Å². The number of ether oxygens (including phenoxy) is 3. The summed E-state index contributed by atoms with van der Waals surface area (Å²) in [5.74, 6) is -0.901. The first-order chi connectivity index (χ1) is 34.0. The number of carbonyl (C=O) groups is 3. The highest BCUT2D eigenvalue weighted by Crippen LogP contribution is 2.16. The number of hydrogen-bond acceptors (Lipinski definition) is 6. The molecule has 0 fully saturated rings. The van der Waals surface area contributed by atoms with Crippen LogP contribution in [-0.2, 0) is 28.6 Å². The van der Waals surface area contributed by atoms with Gasteiger partial charge in [-0.05, 0) is 64.2 Å². The molecule has 0 heterocycles. The summed E-state index contributed by atoms with van der Waals surface area (Å²) in [6.07, 6.45) is 73.1. The molecule has 6 heteroatoms. The molecule has 0 spiro atoms. The molecule has 0 amide bonds. The molecule has 0 aliphatic heterocycles. The van der Waals surface area contributed by atoms with Crippen LogP contribution in [0.4, 0.5) is 0 Å². The van der Waals surface area contributed by atoms with Gasteiger partial charge in [-0.15, -0.1) is 0 Å². The zero-order chi connectivity index (χ0) is 50.0. The number of allylic oxidation sites excluding steroid dienone is 12. The normalized spacial score (nSPS) is 12.6. The SMILES string of the molecule is CCC\C=C/C=C\C=C/C=C\C=C/CCCCCCCC(=O)OCC(COC(=O)CCCCCCCCC/C=C\CCCCCC)OC(=O)CCCCCCCCCCCCCCCCCCCC. The van der Waals surface area contributed by atoms with Crippen LogP contribution in [0.25, 0.3) is 0 Å². The number of rotatable bonds is 53. The molecule has 0 saturated carbocycles. The van der Waals surface area contributed by atoms with Crippen LogP contribution in [0.5, 0.6) is 0 Å². The second-order valence-electron chi connectivity index (χ2n) is 19.7. The smallest absolute Gasteiger partial charge is 0.306 e. The summed E-state index contributed by atoms with van der Waals surface area (Å²) >= 11 is 0. The van der Waals surface area contributed by atoms with Crippen molar-refractivity contribution in [1.82, 2.24) is 0 Å². The molecule has 398 valence electrons. The minimum Gasteiger partial charge on any atom is -0.462 e. The molecule has 0 N–H and O–H groups in total. The van der Waals surface area contributed by atoms with Gasteiger partial charge in [-0.3, -0.25) is 14.4 Å². The molecular weight excluding hydrogens is 853 g/mol. The van der Waals surface area contributed by atoms with E-state index >= 15 is 0 Å². The summed E-state index contributed by atoms with van der Waals surface area (Å²) in [4.78, 5) is 38.2. The lowest BCUT2D eigenvalue weighted by Gasteiger charge is -2.18. The summed E-state index contributed by atoms with van der Waals surface area (Å²) in [5, 5.41) is 0. The topological polar surface area (TPSA) is 78.9 Å². The molecule has 0 saturated heterocycles. The molecule has 0 aromatic carbocycles. The maximum Gasteiger partial charge on any atom is 0.306 e. The Morgan fingerprint density at radius 1 is 0.290 bits per heavy atom. The molecule has 0 aliphatic rings. The van der Waals surface area contributed by atoms with Crippen LogP contribution < -0.4 is 0 Å². The second kappa shape index (κ2) is 57.4. The summed E-state index contributed by atoms with van der Waals surface area (Å²) in [5.41, 5.74) is 0. The van der Waals surface area contributed by atoms with Crippen LogP contribution in [0.1, 0.15) is 290 Å². The Kier molecular flexibility index (Phi) is 54.8. The molecule has 0 bridgehead atoms. The van der Waals surface area contributed by atoms with E-state index in [1.165, 1.54) is 167 Å². The Labute approximate surface area is 427 Å². The minimum atomic E-state index is -0.787. The second-order valence-corrected chi connectivity index (χ2v) is 19.7. The molecule has 0 aromatic rings. The monoisotopic (exact) mass is 963 g/mol. The lowest BCUT2D eigenvalue weighted by Crippen LogP contribution is -2.30. The van der Waals surface area contributed by atoms with Crippen LogP contribution in [0.15, 0.2) is 72.9 Å². The van der Waals surface area contributed by atoms with Gasteiger partial charge in [0.05, 0.1) is 0 Å². The summed E-state index contributed by atoms with van der Waals surface area (Å²) in [6.45, 7) is 6.55. The van der Waals surface area contributed by atoms with E-state index in [1.807, 2.05) is 24.3 Å². The van der Waals surface area contributed by atoms with Crippen LogP contribution in [0, 0.1) is 0 Å². The first-order valence-electron chi connectivity index (χ1n) is 29.5. The van der Waals surface area contributed by atoms with Gasteiger partial charge in [0.15, 0.2) is 6.10 Å². The molecule has 0 rings (SSSR count). The number of esters is 3. The molecule has 0 radical (unpaired) electrons. The Hall–Kier alpha value is -3.15. The zero-order valence-corrected chi connectivity index (χ0v) is 45.6. The van der Waals surface area contributed by atoms with E-state index < -0.39 is 6.10 Å². The van der Waals surface area contributed by atoms with Crippen LogP contribution in [-0.4, -0.2) is 37.2 Å². The number of hydrogen-bond donors (Lipinski definition) is 0. The molecule has 69 heavy (non-hydrogen) atoms. The van der Waals surface area contributed by atoms with Gasteiger partial charge < -0.3 is 14.2 Å². The average Bonchev–Trinajstić information content (AvgIpc) is 3.35. The predicted molar refractivity (Wildman–Crippen MR) is 298 cm³/mol. The third-order valence-corrected chi connectivity index (χ3v) is 12.8. The van der Waals surface area contributed by atoms with Crippen LogP contribution >= 0.6 is 0 Å². The van der Waals surface area contributed by atoms with Crippen molar-refractivity contribution in [2.45, 2.75) is 297 Å². The molecule has 0 aromatic heterocycles. The molecule has 6 nitrogen and oxygen atoms in total. The number of carbonyl (C=O) groups excluding carboxylic acids is 3. The molecule has 1 unspecified atom stereocenters. The average molecular weight is 964 g/mol. The zero-order valence-electron chi connectivity index (χ0n) is 45.6. The highest BCUT2D eigenvalue weighted by Gasteiger charge is 2.19. The highest BCUT2D eigenvalue weighted by molar-refractivity contribution is 5.71. The van der Waals surface area contributed by atoms with Crippen molar-refractivity contribution in [1.29, 1.82) is 0 Å². The van der Waals surface area contributed by atoms with E-state index in [-0.39, 0.29) is 31.1 Å². The minimum absolute atomic E-state index is 0.0839. The van der Waals surface area contributed by atoms with Gasteiger partial charge in [0.2, 0.25) is 0 Å². The predicted octanol–water partition coefficient (Wildman–Crippen LogP) is 19.8. The van der Waals surface area contributed by atoms with Crippen molar-refractivity contribution >= 4 is 17.9 Å². The van der Waals surface area contributed by atoms with E-state index in [0.717, 1.165) is 83.5 Å². The Morgan fingerprint density at radius 3 is 0.928 bits per heavy atom. The van der Waals surface area contributed by atoms with Crippen LogP contribution in [0.2, 0.25) is 0 Å². The van der Waals surface area contributed by atoms with E-state index in [2.05, 4.69) is 69.4 Å². The Balaban J connectivity index is 4.42. The van der Waals surface area contributed by atoms with E-state index in [0.29, 0.717) is 19.3 Å². The van der Waals surface area contributed by atoms with Crippen LogP contribution in [0.3, 0.4) is 0 Å². The fourth-order valence-electron chi connectivity index (χ4n) is 8.35. The summed E-state index contributed by atoms with van der Waals surface area (Å²) < 4.78 is 16.9. The van der Waals surface area contributed by atoms with Crippen molar-refractivity contribution in [3.05, 3.63) is 72.9 Å². The van der Waals surface area contributed by atoms with Gasteiger partial charge in [-0.1, -0.05) is 280 Å². The largest absolute Gasteiger partial charge is 0.462 e. The van der Waals surface area contributed by atoms with Gasteiger partial charge in [0.1, 0.15) is 13.2 Å². The van der Waals surface area contributed by atoms with E-state index in [4.69, 9.17) is 14.2 Å². The molecule has 0 aliphatic carbocycles. The van der Waals surface area contributed by atoms with Crippen molar-refractivity contribution < 1.29 is 28.6 Å². The Morgan fingerprint density at radius 2 is 0.565 bits per heavy atom. The van der Waals surface area contributed by atoms with Gasteiger partial charge >= 0.3 is 17.9 Å². The van der Waals surface area contributed by atoms with E-state index in [1.54, 1.807) is 0 Å². The van der Waals surface area contributed by atoms with Gasteiger partial charge in [0.25, 0.3) is 0 Å². The summed E-state index contributed by atoms with van der Waals surface area (Å²) in [6, 6.07) is 0. The fourth-order valence-corrected chi connectivity index (χ4v) is 8.35. The number of unbranched alkanes of at least 4 members (excludes halogenated alkanes) is 34. The maximum atomic E-state index is 12.9. The van der Waals surface area contributed by atoms with Gasteiger partial charge in [-0.25, -0.2) is 0 Å². The third kappa shape index (κ3) is 55.6. The quantitative estimate of drug-likeness (QED) is 0.0199. The lowest BCUT2D eigenvalue weighted by molar-refractivity contribution is -0.167. The maximum absolute atomic E-state index is 12.9. The van der Waals surface area contributed by atoms with Crippen molar-refractivity contribution in [3.8, 4) is 0 Å². The lowest BCUT2D eigenvalue weighted by atomic mass is 10.0. The van der Waals surface area contributed by atoms with Crippen molar-refractivity contribution in [2.24, 2.45) is 0 Å².